The second-order valence-corrected chi connectivity index (χ2v) is 6.13. The lowest BCUT2D eigenvalue weighted by molar-refractivity contribution is 0.866. The maximum Gasteiger partial charge on any atom is 0.0568 e. The van der Waals surface area contributed by atoms with Gasteiger partial charge in [-0.15, -0.1) is 0 Å². The van der Waals surface area contributed by atoms with E-state index < -0.39 is 0 Å². The third-order valence-electron chi connectivity index (χ3n) is 3.69. The molecule has 2 nitrogen and oxygen atoms in total. The van der Waals surface area contributed by atoms with Gasteiger partial charge in [0, 0.05) is 0 Å². The van der Waals surface area contributed by atoms with Crippen LogP contribution in [0.3, 0.4) is 0 Å². The van der Waals surface area contributed by atoms with Crippen molar-refractivity contribution in [3.63, 3.8) is 0 Å². The van der Waals surface area contributed by atoms with Gasteiger partial charge >= 0.3 is 0 Å². The lowest BCUT2D eigenvalue weighted by Gasteiger charge is -2.04. The molecule has 0 N–H and O–H groups in total. The van der Waals surface area contributed by atoms with Gasteiger partial charge in [0.25, 0.3) is 0 Å². The molecule has 114 valence electrons. The fourth-order valence-electron chi connectivity index (χ4n) is 2.13. The molecule has 0 aliphatic rings. The van der Waals surface area contributed by atoms with Gasteiger partial charge in [0.2, 0.25) is 0 Å². The van der Waals surface area contributed by atoms with Crippen molar-refractivity contribution in [3.05, 3.63) is 70.8 Å². The summed E-state index contributed by atoms with van der Waals surface area (Å²) in [7, 11) is 0. The van der Waals surface area contributed by atoms with Gasteiger partial charge < -0.3 is 0 Å². The Bertz CT molecular complexity index is 573. The Morgan fingerprint density at radius 3 is 1.18 bits per heavy atom. The standard InChI is InChI=1S/C20H24N2/c1-15(2)19-9-5-17(6-10-19)13-21-22-14-18-7-11-20(12-8-18)16(3)4/h5-16H,1-4H3/b21-13-,22-14-. The second-order valence-electron chi connectivity index (χ2n) is 6.13. The van der Waals surface area contributed by atoms with Crippen LogP contribution in [-0.2, 0) is 0 Å². The number of hydrogen-bond donors (Lipinski definition) is 0. The molecule has 22 heavy (non-hydrogen) atoms. The molecule has 0 heterocycles. The Labute approximate surface area is 133 Å². The largest absolute Gasteiger partial charge is 0.159 e. The van der Waals surface area contributed by atoms with E-state index in [0.29, 0.717) is 11.8 Å². The average Bonchev–Trinajstić information content (AvgIpc) is 2.52. The number of hydrogen-bond acceptors (Lipinski definition) is 2. The molecule has 0 spiro atoms. The predicted octanol–water partition coefficient (Wildman–Crippen LogP) is 5.39. The van der Waals surface area contributed by atoms with Crippen LogP contribution in [0.4, 0.5) is 0 Å². The van der Waals surface area contributed by atoms with E-state index in [-0.39, 0.29) is 0 Å². The molecule has 0 bridgehead atoms. The van der Waals surface area contributed by atoms with Gasteiger partial charge in [0.1, 0.15) is 0 Å². The van der Waals surface area contributed by atoms with E-state index in [2.05, 4.69) is 86.4 Å². The second kappa shape index (κ2) is 7.69. The Morgan fingerprint density at radius 2 is 0.909 bits per heavy atom. The van der Waals surface area contributed by atoms with Crippen molar-refractivity contribution < 1.29 is 0 Å². The Balaban J connectivity index is 1.96. The maximum atomic E-state index is 4.11. The van der Waals surface area contributed by atoms with Gasteiger partial charge in [0.05, 0.1) is 12.4 Å². The van der Waals surface area contributed by atoms with Crippen LogP contribution in [0.5, 0.6) is 0 Å². The molecular weight excluding hydrogens is 268 g/mol. The molecule has 0 aliphatic carbocycles. The van der Waals surface area contributed by atoms with Crippen molar-refractivity contribution in [3.8, 4) is 0 Å². The van der Waals surface area contributed by atoms with Gasteiger partial charge in [-0.2, -0.15) is 10.2 Å². The first kappa shape index (κ1) is 16.2. The predicted molar refractivity (Wildman–Crippen MR) is 96.3 cm³/mol. The monoisotopic (exact) mass is 292 g/mol. The number of rotatable bonds is 5. The topological polar surface area (TPSA) is 24.7 Å². The molecule has 2 heteroatoms. The van der Waals surface area contributed by atoms with Crippen LogP contribution in [-0.4, -0.2) is 12.4 Å². The lowest BCUT2D eigenvalue weighted by atomic mass is 10.0. The van der Waals surface area contributed by atoms with Crippen molar-refractivity contribution in [2.24, 2.45) is 10.2 Å². The summed E-state index contributed by atoms with van der Waals surface area (Å²) >= 11 is 0. The molecule has 2 aromatic rings. The highest BCUT2D eigenvalue weighted by Crippen LogP contribution is 2.14. The Hall–Kier alpha value is -2.22. The maximum absolute atomic E-state index is 4.11. The SMILES string of the molecule is CC(C)c1ccc(/C=N\N=C/c2ccc(C(C)C)cc2)cc1. The molecule has 0 saturated heterocycles. The molecule has 0 atom stereocenters. The highest BCUT2D eigenvalue weighted by Gasteiger charge is 1.98. The highest BCUT2D eigenvalue weighted by molar-refractivity contribution is 5.82. The molecule has 2 aromatic carbocycles. The van der Waals surface area contributed by atoms with E-state index in [9.17, 15) is 0 Å². The van der Waals surface area contributed by atoms with Crippen LogP contribution in [0.1, 0.15) is 61.8 Å². The summed E-state index contributed by atoms with van der Waals surface area (Å²) < 4.78 is 0. The third kappa shape index (κ3) is 4.66. The zero-order valence-electron chi connectivity index (χ0n) is 13.8. The molecule has 0 amide bonds. The van der Waals surface area contributed by atoms with E-state index in [4.69, 9.17) is 0 Å². The highest BCUT2D eigenvalue weighted by atomic mass is 15.2. The van der Waals surface area contributed by atoms with E-state index in [1.807, 2.05) is 0 Å². The van der Waals surface area contributed by atoms with Crippen LogP contribution < -0.4 is 0 Å². The van der Waals surface area contributed by atoms with Crippen LogP contribution in [0.25, 0.3) is 0 Å². The molecule has 0 fully saturated rings. The zero-order valence-corrected chi connectivity index (χ0v) is 13.8. The number of nitrogens with zero attached hydrogens (tertiary/aromatic N) is 2. The summed E-state index contributed by atoms with van der Waals surface area (Å²) in [5.41, 5.74) is 4.81. The fraction of sp³-hybridized carbons (Fsp3) is 0.300. The lowest BCUT2D eigenvalue weighted by Crippen LogP contribution is -1.88. The fourth-order valence-corrected chi connectivity index (χ4v) is 2.13. The van der Waals surface area contributed by atoms with Crippen LogP contribution >= 0.6 is 0 Å². The molecule has 2 rings (SSSR count). The summed E-state index contributed by atoms with van der Waals surface area (Å²) in [6.45, 7) is 8.77. The normalized spacial score (nSPS) is 12.1. The summed E-state index contributed by atoms with van der Waals surface area (Å²) in [4.78, 5) is 0. The summed E-state index contributed by atoms with van der Waals surface area (Å²) in [5.74, 6) is 1.11. The summed E-state index contributed by atoms with van der Waals surface area (Å²) in [5, 5.41) is 8.23. The van der Waals surface area contributed by atoms with Crippen LogP contribution in [0.15, 0.2) is 58.7 Å². The van der Waals surface area contributed by atoms with Crippen molar-refractivity contribution in [1.29, 1.82) is 0 Å². The zero-order chi connectivity index (χ0) is 15.9. The first-order valence-electron chi connectivity index (χ1n) is 7.82. The molecule has 0 aliphatic heterocycles. The average molecular weight is 292 g/mol. The van der Waals surface area contributed by atoms with Gasteiger partial charge in [0.15, 0.2) is 0 Å². The van der Waals surface area contributed by atoms with Crippen molar-refractivity contribution in [1.82, 2.24) is 0 Å². The van der Waals surface area contributed by atoms with Gasteiger partial charge in [-0.3, -0.25) is 0 Å². The minimum atomic E-state index is 0.554. The van der Waals surface area contributed by atoms with Crippen molar-refractivity contribution >= 4 is 12.4 Å². The summed E-state index contributed by atoms with van der Waals surface area (Å²) in [6, 6.07) is 16.9. The molecule has 0 saturated carbocycles. The van der Waals surface area contributed by atoms with Crippen molar-refractivity contribution in [2.75, 3.05) is 0 Å². The van der Waals surface area contributed by atoms with Crippen LogP contribution in [0, 0.1) is 0 Å². The van der Waals surface area contributed by atoms with Gasteiger partial charge in [-0.25, -0.2) is 0 Å². The van der Waals surface area contributed by atoms with Crippen LogP contribution in [0.2, 0.25) is 0 Å². The van der Waals surface area contributed by atoms with E-state index in [0.717, 1.165) is 11.1 Å². The number of benzene rings is 2. The Kier molecular flexibility index (Phi) is 5.65. The minimum absolute atomic E-state index is 0.554. The summed E-state index contributed by atoms with van der Waals surface area (Å²) in [6.07, 6.45) is 3.56. The van der Waals surface area contributed by atoms with E-state index in [1.54, 1.807) is 12.4 Å². The quantitative estimate of drug-likeness (QED) is 0.521. The van der Waals surface area contributed by atoms with E-state index >= 15 is 0 Å². The first-order valence-corrected chi connectivity index (χ1v) is 7.82. The molecule has 0 radical (unpaired) electrons. The van der Waals surface area contributed by atoms with E-state index in [1.165, 1.54) is 11.1 Å². The molecular formula is C20H24N2. The first-order chi connectivity index (χ1) is 10.6. The molecule has 0 unspecified atom stereocenters. The Morgan fingerprint density at radius 1 is 0.591 bits per heavy atom. The molecule has 0 aromatic heterocycles. The minimum Gasteiger partial charge on any atom is -0.159 e. The van der Waals surface area contributed by atoms with Gasteiger partial charge in [-0.1, -0.05) is 76.2 Å². The van der Waals surface area contributed by atoms with Gasteiger partial charge in [-0.05, 0) is 34.1 Å². The van der Waals surface area contributed by atoms with Crippen molar-refractivity contribution in [2.45, 2.75) is 39.5 Å². The third-order valence-corrected chi connectivity index (χ3v) is 3.69. The smallest absolute Gasteiger partial charge is 0.0568 e.